The van der Waals surface area contributed by atoms with Crippen molar-refractivity contribution in [1.82, 2.24) is 14.8 Å². The van der Waals surface area contributed by atoms with Crippen LogP contribution in [0.15, 0.2) is 40.2 Å². The van der Waals surface area contributed by atoms with E-state index in [0.717, 1.165) is 11.4 Å². The molecule has 0 bridgehead atoms. The van der Waals surface area contributed by atoms with Crippen molar-refractivity contribution in [3.63, 3.8) is 0 Å². The van der Waals surface area contributed by atoms with Crippen molar-refractivity contribution in [2.24, 2.45) is 5.10 Å². The lowest BCUT2D eigenvalue weighted by Gasteiger charge is -2.05. The summed E-state index contributed by atoms with van der Waals surface area (Å²) < 4.78 is 1.54. The normalized spacial score (nSPS) is 11.7. The van der Waals surface area contributed by atoms with E-state index in [2.05, 4.69) is 10.2 Å². The summed E-state index contributed by atoms with van der Waals surface area (Å²) in [6, 6.07) is 9.50. The standard InChI is InChI=1S/C14H18N4O/c1-10(15-17(3)4)13-11(2)16-18(14(13)19)12-8-6-5-7-9-12/h5-9,16H,1-4H3/b15-10+. The fourth-order valence-corrected chi connectivity index (χ4v) is 2.08. The van der Waals surface area contributed by atoms with Crippen molar-refractivity contribution >= 4 is 5.71 Å². The zero-order valence-corrected chi connectivity index (χ0v) is 11.6. The Morgan fingerprint density at radius 2 is 1.89 bits per heavy atom. The minimum Gasteiger partial charge on any atom is -0.303 e. The number of hydrogen-bond donors (Lipinski definition) is 1. The fourth-order valence-electron chi connectivity index (χ4n) is 2.08. The summed E-state index contributed by atoms with van der Waals surface area (Å²) in [5.74, 6) is 0. The Bertz CT molecular complexity index is 650. The van der Waals surface area contributed by atoms with Crippen molar-refractivity contribution in [2.45, 2.75) is 13.8 Å². The quantitative estimate of drug-likeness (QED) is 0.673. The van der Waals surface area contributed by atoms with Gasteiger partial charge in [0.1, 0.15) is 0 Å². The molecule has 100 valence electrons. The molecule has 0 aliphatic heterocycles. The van der Waals surface area contributed by atoms with Gasteiger partial charge in [-0.3, -0.25) is 9.89 Å². The van der Waals surface area contributed by atoms with Crippen molar-refractivity contribution in [3.05, 3.63) is 51.9 Å². The highest BCUT2D eigenvalue weighted by Gasteiger charge is 2.14. The molecule has 0 atom stereocenters. The molecular formula is C14H18N4O. The summed E-state index contributed by atoms with van der Waals surface area (Å²) in [5.41, 5.74) is 2.89. The van der Waals surface area contributed by atoms with E-state index >= 15 is 0 Å². The lowest BCUT2D eigenvalue weighted by Crippen LogP contribution is -2.20. The van der Waals surface area contributed by atoms with Crippen LogP contribution in [0.1, 0.15) is 18.2 Å². The summed E-state index contributed by atoms with van der Waals surface area (Å²) in [6.07, 6.45) is 0. The number of para-hydroxylation sites is 1. The number of aromatic nitrogens is 2. The van der Waals surface area contributed by atoms with Crippen LogP contribution in [0.2, 0.25) is 0 Å². The number of aryl methyl sites for hydroxylation is 1. The number of aromatic amines is 1. The summed E-state index contributed by atoms with van der Waals surface area (Å²) in [4.78, 5) is 12.4. The molecule has 2 aromatic rings. The van der Waals surface area contributed by atoms with Crippen molar-refractivity contribution in [3.8, 4) is 5.69 Å². The number of nitrogens with one attached hydrogen (secondary N) is 1. The average Bonchev–Trinajstić information content (AvgIpc) is 2.65. The van der Waals surface area contributed by atoms with Crippen molar-refractivity contribution in [1.29, 1.82) is 0 Å². The lowest BCUT2D eigenvalue weighted by atomic mass is 10.2. The van der Waals surface area contributed by atoms with Gasteiger partial charge in [-0.25, -0.2) is 4.68 Å². The molecule has 0 saturated heterocycles. The highest BCUT2D eigenvalue weighted by atomic mass is 16.1. The smallest absolute Gasteiger partial charge is 0.280 e. The topological polar surface area (TPSA) is 53.4 Å². The van der Waals surface area contributed by atoms with Crippen LogP contribution in [-0.2, 0) is 0 Å². The molecule has 0 unspecified atom stereocenters. The molecule has 0 aliphatic rings. The van der Waals surface area contributed by atoms with Gasteiger partial charge in [-0.05, 0) is 26.0 Å². The van der Waals surface area contributed by atoms with E-state index in [0.29, 0.717) is 11.3 Å². The lowest BCUT2D eigenvalue weighted by molar-refractivity contribution is 0.437. The average molecular weight is 258 g/mol. The largest absolute Gasteiger partial charge is 0.303 e. The number of benzene rings is 1. The first kappa shape index (κ1) is 13.1. The van der Waals surface area contributed by atoms with E-state index in [1.807, 2.05) is 58.3 Å². The van der Waals surface area contributed by atoms with Gasteiger partial charge in [0.05, 0.1) is 17.0 Å². The molecule has 0 saturated carbocycles. The summed E-state index contributed by atoms with van der Waals surface area (Å²) in [7, 11) is 3.67. The van der Waals surface area contributed by atoms with Crippen LogP contribution in [0.4, 0.5) is 0 Å². The maximum Gasteiger partial charge on any atom is 0.280 e. The maximum atomic E-state index is 12.4. The molecule has 0 amide bonds. The van der Waals surface area contributed by atoms with Crippen molar-refractivity contribution in [2.75, 3.05) is 14.1 Å². The predicted molar refractivity (Wildman–Crippen MR) is 77.0 cm³/mol. The van der Waals surface area contributed by atoms with Crippen LogP contribution in [0.5, 0.6) is 0 Å². The third-order valence-electron chi connectivity index (χ3n) is 2.80. The van der Waals surface area contributed by atoms with E-state index in [1.54, 1.807) is 9.69 Å². The predicted octanol–water partition coefficient (Wildman–Crippen LogP) is 1.76. The molecule has 0 aliphatic carbocycles. The Balaban J connectivity index is 2.56. The Hall–Kier alpha value is -2.30. The van der Waals surface area contributed by atoms with E-state index in [9.17, 15) is 4.79 Å². The Kier molecular flexibility index (Phi) is 3.55. The molecule has 0 radical (unpaired) electrons. The molecule has 0 spiro atoms. The first-order valence-corrected chi connectivity index (χ1v) is 6.10. The van der Waals surface area contributed by atoms with Gasteiger partial charge in [0.2, 0.25) is 0 Å². The molecule has 1 heterocycles. The highest BCUT2D eigenvalue weighted by Crippen LogP contribution is 2.08. The Labute approximate surface area is 112 Å². The summed E-state index contributed by atoms with van der Waals surface area (Å²) >= 11 is 0. The molecular weight excluding hydrogens is 240 g/mol. The first-order chi connectivity index (χ1) is 9.00. The third-order valence-corrected chi connectivity index (χ3v) is 2.80. The van der Waals surface area contributed by atoms with Crippen molar-refractivity contribution < 1.29 is 0 Å². The molecule has 1 aromatic carbocycles. The molecule has 2 rings (SSSR count). The van der Waals surface area contributed by atoms with Crippen LogP contribution in [0.25, 0.3) is 5.69 Å². The van der Waals surface area contributed by atoms with Gasteiger partial charge < -0.3 is 5.01 Å². The minimum atomic E-state index is -0.0770. The number of hydrazone groups is 1. The minimum absolute atomic E-state index is 0.0770. The van der Waals surface area contributed by atoms with Crippen LogP contribution in [0, 0.1) is 6.92 Å². The van der Waals surface area contributed by atoms with Gasteiger partial charge in [-0.15, -0.1) is 0 Å². The molecule has 19 heavy (non-hydrogen) atoms. The monoisotopic (exact) mass is 258 g/mol. The number of rotatable bonds is 3. The van der Waals surface area contributed by atoms with Gasteiger partial charge in [0, 0.05) is 19.8 Å². The molecule has 0 fully saturated rings. The zero-order valence-electron chi connectivity index (χ0n) is 11.6. The van der Waals surface area contributed by atoms with Gasteiger partial charge in [-0.2, -0.15) is 5.10 Å². The Morgan fingerprint density at radius 3 is 2.47 bits per heavy atom. The fraction of sp³-hybridized carbons (Fsp3) is 0.286. The van der Waals surface area contributed by atoms with Crippen LogP contribution in [0.3, 0.4) is 0 Å². The van der Waals surface area contributed by atoms with E-state index in [1.165, 1.54) is 0 Å². The first-order valence-electron chi connectivity index (χ1n) is 6.10. The third kappa shape index (κ3) is 2.59. The molecule has 5 nitrogen and oxygen atoms in total. The zero-order chi connectivity index (χ0) is 14.0. The second-order valence-electron chi connectivity index (χ2n) is 4.62. The number of hydrogen-bond acceptors (Lipinski definition) is 3. The van der Waals surface area contributed by atoms with Gasteiger partial charge in [0.15, 0.2) is 0 Å². The second kappa shape index (κ2) is 5.14. The van der Waals surface area contributed by atoms with Gasteiger partial charge in [-0.1, -0.05) is 18.2 Å². The van der Waals surface area contributed by atoms with Crippen LogP contribution < -0.4 is 5.56 Å². The molecule has 1 aromatic heterocycles. The highest BCUT2D eigenvalue weighted by molar-refractivity contribution is 5.99. The molecule has 5 heteroatoms. The number of nitrogens with zero attached hydrogens (tertiary/aromatic N) is 3. The maximum absolute atomic E-state index is 12.4. The van der Waals surface area contributed by atoms with Gasteiger partial charge in [0.25, 0.3) is 5.56 Å². The molecule has 1 N–H and O–H groups in total. The van der Waals surface area contributed by atoms with E-state index in [-0.39, 0.29) is 5.56 Å². The van der Waals surface area contributed by atoms with Crippen LogP contribution >= 0.6 is 0 Å². The summed E-state index contributed by atoms with van der Waals surface area (Å²) in [6.45, 7) is 3.72. The van der Waals surface area contributed by atoms with E-state index < -0.39 is 0 Å². The Morgan fingerprint density at radius 1 is 1.26 bits per heavy atom. The second-order valence-corrected chi connectivity index (χ2v) is 4.62. The number of H-pyrrole nitrogens is 1. The van der Waals surface area contributed by atoms with E-state index in [4.69, 9.17) is 0 Å². The SMILES string of the molecule is C/C(=N\N(C)C)c1c(C)[nH]n(-c2ccccc2)c1=O. The summed E-state index contributed by atoms with van der Waals surface area (Å²) in [5, 5.41) is 9.07. The van der Waals surface area contributed by atoms with Gasteiger partial charge >= 0.3 is 0 Å². The van der Waals surface area contributed by atoms with Crippen LogP contribution in [-0.4, -0.2) is 34.6 Å².